The first-order valence-corrected chi connectivity index (χ1v) is 7.08. The third kappa shape index (κ3) is 3.33. The van der Waals surface area contributed by atoms with Gasteiger partial charge in [0.15, 0.2) is 0 Å². The van der Waals surface area contributed by atoms with Crippen LogP contribution in [0.4, 0.5) is 0 Å². The van der Waals surface area contributed by atoms with Crippen molar-refractivity contribution in [1.29, 1.82) is 0 Å². The van der Waals surface area contributed by atoms with Gasteiger partial charge in [-0.2, -0.15) is 0 Å². The second-order valence-corrected chi connectivity index (χ2v) is 5.82. The van der Waals surface area contributed by atoms with Crippen LogP contribution >= 0.6 is 0 Å². The Morgan fingerprint density at radius 1 is 1.22 bits per heavy atom. The third-order valence-electron chi connectivity index (χ3n) is 3.90. The maximum absolute atomic E-state index is 3.56. The highest BCUT2D eigenvalue weighted by atomic mass is 15.2. The summed E-state index contributed by atoms with van der Waals surface area (Å²) in [6.07, 6.45) is 1.26. The molecule has 1 saturated heterocycles. The Morgan fingerprint density at radius 3 is 2.56 bits per heavy atom. The minimum Gasteiger partial charge on any atom is -0.313 e. The average Bonchev–Trinajstić information content (AvgIpc) is 2.48. The summed E-state index contributed by atoms with van der Waals surface area (Å²) in [5.41, 5.74) is 5.78. The molecule has 0 saturated carbocycles. The molecule has 1 aromatic rings. The molecular weight excluding hydrogens is 220 g/mol. The van der Waals surface area contributed by atoms with Crippen molar-refractivity contribution < 1.29 is 0 Å². The topological polar surface area (TPSA) is 15.3 Å². The highest BCUT2D eigenvalue weighted by Gasteiger charge is 2.15. The summed E-state index contributed by atoms with van der Waals surface area (Å²) in [5.74, 6) is 0. The summed E-state index contributed by atoms with van der Waals surface area (Å²) in [4.78, 5) is 2.59. The maximum atomic E-state index is 3.56. The molecule has 0 aromatic heterocycles. The van der Waals surface area contributed by atoms with Gasteiger partial charge >= 0.3 is 0 Å². The zero-order valence-electron chi connectivity index (χ0n) is 12.2. The number of hydrogen-bond acceptors (Lipinski definition) is 2. The van der Waals surface area contributed by atoms with Crippen molar-refractivity contribution in [2.75, 3.05) is 19.6 Å². The normalized spacial score (nSPS) is 21.9. The fourth-order valence-corrected chi connectivity index (χ4v) is 3.02. The van der Waals surface area contributed by atoms with E-state index in [-0.39, 0.29) is 0 Å². The summed E-state index contributed by atoms with van der Waals surface area (Å²) in [7, 11) is 0. The van der Waals surface area contributed by atoms with Crippen molar-refractivity contribution in [3.05, 3.63) is 34.4 Å². The first-order valence-electron chi connectivity index (χ1n) is 7.08. The molecule has 1 aromatic carbocycles. The molecule has 1 fully saturated rings. The van der Waals surface area contributed by atoms with Crippen molar-refractivity contribution in [1.82, 2.24) is 10.2 Å². The SMILES string of the molecule is Cc1cc(C)c(CN2CCCNC(C)C2)c(C)c1. The highest BCUT2D eigenvalue weighted by Crippen LogP contribution is 2.19. The number of nitrogens with zero attached hydrogens (tertiary/aromatic N) is 1. The van der Waals surface area contributed by atoms with E-state index in [4.69, 9.17) is 0 Å². The largest absolute Gasteiger partial charge is 0.313 e. The van der Waals surface area contributed by atoms with E-state index in [1.807, 2.05) is 0 Å². The number of aryl methyl sites for hydroxylation is 3. The molecule has 1 heterocycles. The summed E-state index contributed by atoms with van der Waals surface area (Å²) < 4.78 is 0. The van der Waals surface area contributed by atoms with Crippen LogP contribution < -0.4 is 5.32 Å². The van der Waals surface area contributed by atoms with E-state index in [1.165, 1.54) is 35.2 Å². The molecule has 0 bridgehead atoms. The molecule has 18 heavy (non-hydrogen) atoms. The zero-order chi connectivity index (χ0) is 13.1. The van der Waals surface area contributed by atoms with Gasteiger partial charge in [0.05, 0.1) is 0 Å². The molecule has 2 heteroatoms. The van der Waals surface area contributed by atoms with Crippen LogP contribution in [0.2, 0.25) is 0 Å². The molecule has 0 amide bonds. The van der Waals surface area contributed by atoms with Crippen LogP contribution in [-0.4, -0.2) is 30.6 Å². The predicted molar refractivity (Wildman–Crippen MR) is 78.0 cm³/mol. The van der Waals surface area contributed by atoms with E-state index in [0.29, 0.717) is 6.04 Å². The van der Waals surface area contributed by atoms with Gasteiger partial charge in [-0.05, 0) is 63.9 Å². The molecule has 1 atom stereocenters. The standard InChI is InChI=1S/C16H26N2/c1-12-8-13(2)16(14(3)9-12)11-18-7-5-6-17-15(4)10-18/h8-9,15,17H,5-7,10-11H2,1-4H3. The molecule has 2 rings (SSSR count). The first kappa shape index (κ1) is 13.6. The van der Waals surface area contributed by atoms with Gasteiger partial charge in [-0.15, -0.1) is 0 Å². The number of benzene rings is 1. The fraction of sp³-hybridized carbons (Fsp3) is 0.625. The second-order valence-electron chi connectivity index (χ2n) is 5.82. The van der Waals surface area contributed by atoms with Crippen molar-refractivity contribution in [2.24, 2.45) is 0 Å². The van der Waals surface area contributed by atoms with Crippen molar-refractivity contribution >= 4 is 0 Å². The molecule has 0 spiro atoms. The molecule has 100 valence electrons. The molecule has 0 aliphatic carbocycles. The van der Waals surface area contributed by atoms with E-state index >= 15 is 0 Å². The Morgan fingerprint density at radius 2 is 1.89 bits per heavy atom. The van der Waals surface area contributed by atoms with Gasteiger partial charge in [0, 0.05) is 19.1 Å². The van der Waals surface area contributed by atoms with Gasteiger partial charge in [-0.3, -0.25) is 4.90 Å². The fourth-order valence-electron chi connectivity index (χ4n) is 3.02. The van der Waals surface area contributed by atoms with Crippen LogP contribution in [0, 0.1) is 20.8 Å². The lowest BCUT2D eigenvalue weighted by Gasteiger charge is -2.24. The molecule has 1 unspecified atom stereocenters. The molecule has 1 aliphatic heterocycles. The second kappa shape index (κ2) is 5.85. The molecule has 1 aliphatic rings. The highest BCUT2D eigenvalue weighted by molar-refractivity contribution is 5.37. The van der Waals surface area contributed by atoms with Crippen LogP contribution in [0.3, 0.4) is 0 Å². The Bertz CT molecular complexity index is 389. The van der Waals surface area contributed by atoms with E-state index < -0.39 is 0 Å². The monoisotopic (exact) mass is 246 g/mol. The lowest BCUT2D eigenvalue weighted by atomic mass is 9.99. The summed E-state index contributed by atoms with van der Waals surface area (Å²) >= 11 is 0. The van der Waals surface area contributed by atoms with Crippen LogP contribution in [0.1, 0.15) is 35.6 Å². The lowest BCUT2D eigenvalue weighted by molar-refractivity contribution is 0.264. The Labute approximate surface area is 111 Å². The van der Waals surface area contributed by atoms with Crippen LogP contribution in [0.15, 0.2) is 12.1 Å². The number of hydrogen-bond donors (Lipinski definition) is 1. The first-order chi connectivity index (χ1) is 8.56. The zero-order valence-corrected chi connectivity index (χ0v) is 12.2. The quantitative estimate of drug-likeness (QED) is 0.863. The van der Waals surface area contributed by atoms with Gasteiger partial charge in [0.1, 0.15) is 0 Å². The van der Waals surface area contributed by atoms with Crippen molar-refractivity contribution in [3.8, 4) is 0 Å². The van der Waals surface area contributed by atoms with Gasteiger partial charge < -0.3 is 5.32 Å². The van der Waals surface area contributed by atoms with Gasteiger partial charge in [-0.1, -0.05) is 17.7 Å². The van der Waals surface area contributed by atoms with E-state index in [9.17, 15) is 0 Å². The predicted octanol–water partition coefficient (Wildman–Crippen LogP) is 2.80. The summed E-state index contributed by atoms with van der Waals surface area (Å²) in [5, 5.41) is 3.56. The van der Waals surface area contributed by atoms with Crippen molar-refractivity contribution in [2.45, 2.75) is 46.7 Å². The van der Waals surface area contributed by atoms with Gasteiger partial charge in [-0.25, -0.2) is 0 Å². The van der Waals surface area contributed by atoms with E-state index in [1.54, 1.807) is 0 Å². The lowest BCUT2D eigenvalue weighted by Crippen LogP contribution is -2.35. The number of rotatable bonds is 2. The minimum absolute atomic E-state index is 0.610. The van der Waals surface area contributed by atoms with Crippen LogP contribution in [0.5, 0.6) is 0 Å². The Hall–Kier alpha value is -0.860. The summed E-state index contributed by atoms with van der Waals surface area (Å²) in [6, 6.07) is 5.22. The smallest absolute Gasteiger partial charge is 0.0239 e. The molecule has 0 radical (unpaired) electrons. The van der Waals surface area contributed by atoms with Crippen LogP contribution in [-0.2, 0) is 6.54 Å². The van der Waals surface area contributed by atoms with E-state index in [0.717, 1.165) is 19.6 Å². The average molecular weight is 246 g/mol. The van der Waals surface area contributed by atoms with Gasteiger partial charge in [0.25, 0.3) is 0 Å². The third-order valence-corrected chi connectivity index (χ3v) is 3.90. The number of nitrogens with one attached hydrogen (secondary N) is 1. The molecule has 1 N–H and O–H groups in total. The Kier molecular flexibility index (Phi) is 4.41. The minimum atomic E-state index is 0.610. The van der Waals surface area contributed by atoms with Gasteiger partial charge in [0.2, 0.25) is 0 Å². The van der Waals surface area contributed by atoms with Crippen molar-refractivity contribution in [3.63, 3.8) is 0 Å². The molecular formula is C16H26N2. The maximum Gasteiger partial charge on any atom is 0.0239 e. The van der Waals surface area contributed by atoms with Crippen LogP contribution in [0.25, 0.3) is 0 Å². The summed E-state index contributed by atoms with van der Waals surface area (Å²) in [6.45, 7) is 13.6. The molecule has 2 nitrogen and oxygen atoms in total. The Balaban J connectivity index is 2.13. The van der Waals surface area contributed by atoms with E-state index in [2.05, 4.69) is 50.0 Å².